The van der Waals surface area contributed by atoms with Crippen molar-refractivity contribution in [2.24, 2.45) is 0 Å². The molecular formula is C14H19FN2O3. The number of nitro groups is 1. The number of rotatable bonds is 4. The molecule has 0 aliphatic carbocycles. The van der Waals surface area contributed by atoms with Gasteiger partial charge in [-0.2, -0.15) is 0 Å². The third-order valence-electron chi connectivity index (χ3n) is 3.86. The number of nitrogens with one attached hydrogen (secondary N) is 1. The highest BCUT2D eigenvalue weighted by atomic mass is 19.1. The van der Waals surface area contributed by atoms with E-state index in [0.29, 0.717) is 6.61 Å². The first-order valence-corrected chi connectivity index (χ1v) is 6.78. The van der Waals surface area contributed by atoms with Crippen molar-refractivity contribution >= 4 is 11.4 Å². The fourth-order valence-corrected chi connectivity index (χ4v) is 2.46. The largest absolute Gasteiger partial charge is 0.380 e. The Morgan fingerprint density at radius 1 is 1.60 bits per heavy atom. The average molecular weight is 282 g/mol. The Labute approximate surface area is 117 Å². The smallest absolute Gasteiger partial charge is 0.271 e. The lowest BCUT2D eigenvalue weighted by atomic mass is 9.90. The van der Waals surface area contributed by atoms with Gasteiger partial charge in [0.1, 0.15) is 5.82 Å². The topological polar surface area (TPSA) is 64.4 Å². The van der Waals surface area contributed by atoms with E-state index in [0.717, 1.165) is 25.3 Å². The molecule has 2 unspecified atom stereocenters. The van der Waals surface area contributed by atoms with Gasteiger partial charge in [-0.15, -0.1) is 0 Å². The van der Waals surface area contributed by atoms with Gasteiger partial charge in [-0.3, -0.25) is 10.1 Å². The van der Waals surface area contributed by atoms with E-state index in [-0.39, 0.29) is 23.0 Å². The summed E-state index contributed by atoms with van der Waals surface area (Å²) in [5.41, 5.74) is -0.142. The summed E-state index contributed by atoms with van der Waals surface area (Å²) in [5, 5.41) is 13.8. The number of nitro benzene ring substituents is 1. The van der Waals surface area contributed by atoms with Crippen molar-refractivity contribution in [2.45, 2.75) is 44.8 Å². The summed E-state index contributed by atoms with van der Waals surface area (Å²) >= 11 is 0. The van der Waals surface area contributed by atoms with Gasteiger partial charge in [0.15, 0.2) is 0 Å². The molecule has 0 saturated carbocycles. The summed E-state index contributed by atoms with van der Waals surface area (Å²) in [5.74, 6) is -0.472. The van der Waals surface area contributed by atoms with Crippen LogP contribution in [0.5, 0.6) is 0 Å². The molecule has 5 nitrogen and oxygen atoms in total. The monoisotopic (exact) mass is 282 g/mol. The van der Waals surface area contributed by atoms with Gasteiger partial charge in [0, 0.05) is 24.8 Å². The van der Waals surface area contributed by atoms with Crippen LogP contribution in [0.4, 0.5) is 15.8 Å². The predicted molar refractivity (Wildman–Crippen MR) is 74.3 cm³/mol. The van der Waals surface area contributed by atoms with Gasteiger partial charge in [-0.05, 0) is 32.3 Å². The lowest BCUT2D eigenvalue weighted by Gasteiger charge is -2.38. The van der Waals surface area contributed by atoms with E-state index in [9.17, 15) is 14.5 Å². The van der Waals surface area contributed by atoms with Crippen LogP contribution in [0.2, 0.25) is 0 Å². The molecule has 20 heavy (non-hydrogen) atoms. The Kier molecular flexibility index (Phi) is 4.23. The second-order valence-electron chi connectivity index (χ2n) is 5.41. The lowest BCUT2D eigenvalue weighted by molar-refractivity contribution is -0.384. The van der Waals surface area contributed by atoms with E-state index in [2.05, 4.69) is 12.2 Å². The summed E-state index contributed by atoms with van der Waals surface area (Å²) in [7, 11) is 0. The van der Waals surface area contributed by atoms with Crippen LogP contribution in [0, 0.1) is 15.9 Å². The third kappa shape index (κ3) is 3.25. The van der Waals surface area contributed by atoms with Crippen LogP contribution in [-0.2, 0) is 4.74 Å². The van der Waals surface area contributed by atoms with Crippen LogP contribution >= 0.6 is 0 Å². The van der Waals surface area contributed by atoms with E-state index >= 15 is 0 Å². The molecule has 1 aliphatic heterocycles. The second-order valence-corrected chi connectivity index (χ2v) is 5.41. The Bertz CT molecular complexity index is 509. The van der Waals surface area contributed by atoms with Crippen molar-refractivity contribution < 1.29 is 14.1 Å². The van der Waals surface area contributed by atoms with Gasteiger partial charge >= 0.3 is 0 Å². The van der Waals surface area contributed by atoms with E-state index in [1.54, 1.807) is 0 Å². The van der Waals surface area contributed by atoms with Crippen molar-refractivity contribution in [3.8, 4) is 0 Å². The molecule has 1 fully saturated rings. The maximum atomic E-state index is 13.7. The Hall–Kier alpha value is -1.69. The van der Waals surface area contributed by atoms with Gasteiger partial charge in [0.2, 0.25) is 0 Å². The summed E-state index contributed by atoms with van der Waals surface area (Å²) in [4.78, 5) is 10.2. The standard InChI is InChI=1S/C14H19FN2O3/c1-3-14(2)9-10(6-7-20-14)16-13-8-11(17(18)19)4-5-12(13)15/h4-5,8,10,16H,3,6-7,9H2,1-2H3. The van der Waals surface area contributed by atoms with Crippen LogP contribution in [0.25, 0.3) is 0 Å². The minimum atomic E-state index is -0.523. The average Bonchev–Trinajstić information content (AvgIpc) is 2.41. The SMILES string of the molecule is CCC1(C)CC(Nc2cc([N+](=O)[O-])ccc2F)CCO1. The number of nitrogens with zero attached hydrogens (tertiary/aromatic N) is 1. The zero-order chi connectivity index (χ0) is 14.8. The Morgan fingerprint density at radius 3 is 3.00 bits per heavy atom. The number of hydrogen-bond acceptors (Lipinski definition) is 4. The molecule has 6 heteroatoms. The molecule has 2 atom stereocenters. The van der Waals surface area contributed by atoms with E-state index in [4.69, 9.17) is 4.74 Å². The van der Waals surface area contributed by atoms with Crippen molar-refractivity contribution in [1.82, 2.24) is 0 Å². The highest BCUT2D eigenvalue weighted by Crippen LogP contribution is 2.31. The van der Waals surface area contributed by atoms with Gasteiger partial charge in [-0.25, -0.2) is 4.39 Å². The molecule has 1 aromatic carbocycles. The highest BCUT2D eigenvalue weighted by Gasteiger charge is 2.32. The van der Waals surface area contributed by atoms with Crippen molar-refractivity contribution in [3.05, 3.63) is 34.1 Å². The summed E-state index contributed by atoms with van der Waals surface area (Å²) < 4.78 is 19.5. The Morgan fingerprint density at radius 2 is 2.35 bits per heavy atom. The van der Waals surface area contributed by atoms with Crippen LogP contribution in [0.1, 0.15) is 33.1 Å². The van der Waals surface area contributed by atoms with Crippen molar-refractivity contribution in [3.63, 3.8) is 0 Å². The lowest BCUT2D eigenvalue weighted by Crippen LogP contribution is -2.42. The third-order valence-corrected chi connectivity index (χ3v) is 3.86. The first-order chi connectivity index (χ1) is 9.43. The molecule has 0 amide bonds. The minimum Gasteiger partial charge on any atom is -0.380 e. The number of ether oxygens (including phenoxy) is 1. The van der Waals surface area contributed by atoms with Gasteiger partial charge < -0.3 is 10.1 Å². The summed E-state index contributed by atoms with van der Waals surface area (Å²) in [6.45, 7) is 4.69. The molecule has 1 N–H and O–H groups in total. The van der Waals surface area contributed by atoms with Crippen molar-refractivity contribution in [2.75, 3.05) is 11.9 Å². The molecule has 2 rings (SSSR count). The van der Waals surface area contributed by atoms with Crippen LogP contribution in [0.3, 0.4) is 0 Å². The van der Waals surface area contributed by atoms with Crippen LogP contribution in [0.15, 0.2) is 18.2 Å². The fourth-order valence-electron chi connectivity index (χ4n) is 2.46. The number of halogens is 1. The number of anilines is 1. The van der Waals surface area contributed by atoms with Crippen molar-refractivity contribution in [1.29, 1.82) is 0 Å². The van der Waals surface area contributed by atoms with E-state index in [1.807, 2.05) is 6.92 Å². The molecule has 0 spiro atoms. The number of non-ortho nitro benzene ring substituents is 1. The molecular weight excluding hydrogens is 263 g/mol. The molecule has 1 heterocycles. The van der Waals surface area contributed by atoms with Crippen LogP contribution < -0.4 is 5.32 Å². The predicted octanol–water partition coefficient (Wildman–Crippen LogP) is 3.49. The van der Waals surface area contributed by atoms with E-state index in [1.165, 1.54) is 12.1 Å². The number of hydrogen-bond donors (Lipinski definition) is 1. The Balaban J connectivity index is 2.13. The zero-order valence-corrected chi connectivity index (χ0v) is 11.7. The van der Waals surface area contributed by atoms with Crippen LogP contribution in [-0.4, -0.2) is 23.2 Å². The molecule has 1 saturated heterocycles. The highest BCUT2D eigenvalue weighted by molar-refractivity contribution is 5.52. The molecule has 0 radical (unpaired) electrons. The fraction of sp³-hybridized carbons (Fsp3) is 0.571. The maximum absolute atomic E-state index is 13.7. The van der Waals surface area contributed by atoms with Gasteiger partial charge in [0.05, 0.1) is 16.2 Å². The summed E-state index contributed by atoms with van der Waals surface area (Å²) in [6, 6.07) is 3.60. The molecule has 110 valence electrons. The molecule has 1 aromatic rings. The molecule has 0 aromatic heterocycles. The molecule has 0 bridgehead atoms. The summed E-state index contributed by atoms with van der Waals surface area (Å²) in [6.07, 6.45) is 2.39. The van der Waals surface area contributed by atoms with Gasteiger partial charge in [-0.1, -0.05) is 6.92 Å². The maximum Gasteiger partial charge on any atom is 0.271 e. The van der Waals surface area contributed by atoms with E-state index < -0.39 is 10.7 Å². The normalized spacial score (nSPS) is 26.2. The van der Waals surface area contributed by atoms with Gasteiger partial charge in [0.25, 0.3) is 5.69 Å². The number of benzene rings is 1. The quantitative estimate of drug-likeness (QED) is 0.678. The molecule has 1 aliphatic rings. The second kappa shape index (κ2) is 5.75. The first-order valence-electron chi connectivity index (χ1n) is 6.78. The minimum absolute atomic E-state index is 0.0604. The first kappa shape index (κ1) is 14.7. The zero-order valence-electron chi connectivity index (χ0n) is 11.7.